The lowest BCUT2D eigenvalue weighted by Gasteiger charge is -2.14. The standard InChI is InChI=1S/C39H39BrF4N6O4S2/c1-24-11-14-47-33(19-24)50-37(52)35-29(25(2)56-36(35)49-38(50)55)7-10-34(51)48-13-4-3-12-45-15-17-53-18-16-46-22-27-21-28(40)6-9-32(27)54-23-26-5-8-31(41)30(20-26)39(42,43)44/h5-6,8-9,11,14,19-21,45-46H,3-4,12-13,15-18,22-23H2,1-2H3,(H,48,51)(H,49,55). The maximum atomic E-state index is 13.6. The first-order chi connectivity index (χ1) is 26.8. The normalized spacial score (nSPS) is 11.4. The van der Waals surface area contributed by atoms with Crippen molar-refractivity contribution in [1.29, 1.82) is 0 Å². The zero-order chi connectivity index (χ0) is 40.2. The van der Waals surface area contributed by atoms with Crippen LogP contribution in [0.2, 0.25) is 0 Å². The predicted octanol–water partition coefficient (Wildman–Crippen LogP) is 7.26. The van der Waals surface area contributed by atoms with Gasteiger partial charge in [0.15, 0.2) is 4.77 Å². The molecule has 0 bridgehead atoms. The molecule has 10 nitrogen and oxygen atoms in total. The largest absolute Gasteiger partial charge is 0.489 e. The van der Waals surface area contributed by atoms with Gasteiger partial charge in [0.2, 0.25) is 0 Å². The third-order valence-electron chi connectivity index (χ3n) is 8.34. The molecule has 4 N–H and O–H groups in total. The van der Waals surface area contributed by atoms with Crippen LogP contribution in [0.15, 0.2) is 64.0 Å². The molecule has 0 fully saturated rings. The second-order valence-corrected chi connectivity index (χ2v) is 15.1. The highest BCUT2D eigenvalue weighted by Gasteiger charge is 2.34. The number of halogens is 5. The number of hydrogen-bond donors (Lipinski definition) is 4. The molecule has 0 radical (unpaired) electrons. The molecule has 0 atom stereocenters. The van der Waals surface area contributed by atoms with E-state index in [2.05, 4.69) is 53.7 Å². The average molecular weight is 876 g/mol. The number of hydrogen-bond acceptors (Lipinski definition) is 9. The Morgan fingerprint density at radius 2 is 1.80 bits per heavy atom. The Morgan fingerprint density at radius 1 is 1.04 bits per heavy atom. The fraction of sp³-hybridized carbons (Fsp3) is 0.333. The zero-order valence-electron chi connectivity index (χ0n) is 30.5. The van der Waals surface area contributed by atoms with Crippen LogP contribution in [0.3, 0.4) is 0 Å². The van der Waals surface area contributed by atoms with E-state index in [9.17, 15) is 27.2 Å². The van der Waals surface area contributed by atoms with Gasteiger partial charge < -0.3 is 30.4 Å². The van der Waals surface area contributed by atoms with Crippen LogP contribution >= 0.6 is 39.5 Å². The quantitative estimate of drug-likeness (QED) is 0.0334. The van der Waals surface area contributed by atoms with E-state index in [1.54, 1.807) is 24.4 Å². The minimum absolute atomic E-state index is 0.152. The van der Waals surface area contributed by atoms with E-state index in [4.69, 9.17) is 21.7 Å². The Bertz CT molecular complexity index is 2350. The van der Waals surface area contributed by atoms with Gasteiger partial charge in [0, 0.05) is 53.2 Å². The fourth-order valence-electron chi connectivity index (χ4n) is 5.54. The molecular weight excluding hydrogens is 836 g/mol. The number of carbonyl (C=O) groups excluding carboxylic acids is 1. The number of alkyl halides is 3. The molecule has 0 unspecified atom stereocenters. The van der Waals surface area contributed by atoms with E-state index in [1.807, 2.05) is 26.0 Å². The van der Waals surface area contributed by atoms with E-state index in [0.29, 0.717) is 66.7 Å². The van der Waals surface area contributed by atoms with Crippen molar-refractivity contribution < 1.29 is 31.8 Å². The van der Waals surface area contributed by atoms with Crippen molar-refractivity contribution in [2.75, 3.05) is 39.4 Å². The number of carbonyl (C=O) groups is 1. The van der Waals surface area contributed by atoms with Gasteiger partial charge in [0.05, 0.1) is 29.7 Å². The van der Waals surface area contributed by atoms with Gasteiger partial charge in [0.1, 0.15) is 28.8 Å². The molecule has 3 aromatic heterocycles. The third kappa shape index (κ3) is 11.8. The lowest BCUT2D eigenvalue weighted by molar-refractivity contribution is -0.140. The lowest BCUT2D eigenvalue weighted by Crippen LogP contribution is -2.26. The summed E-state index contributed by atoms with van der Waals surface area (Å²) in [5, 5.41) is 9.75. The van der Waals surface area contributed by atoms with E-state index in [0.717, 1.165) is 52.0 Å². The Morgan fingerprint density at radius 3 is 2.57 bits per heavy atom. The summed E-state index contributed by atoms with van der Waals surface area (Å²) >= 11 is 10.2. The first kappa shape index (κ1) is 42.7. The molecule has 56 heavy (non-hydrogen) atoms. The smallest absolute Gasteiger partial charge is 0.419 e. The number of amides is 1. The topological polar surface area (TPSA) is 122 Å². The Labute approximate surface area is 338 Å². The summed E-state index contributed by atoms with van der Waals surface area (Å²) in [4.78, 5) is 34.8. The van der Waals surface area contributed by atoms with E-state index in [-0.39, 0.29) is 22.5 Å². The maximum Gasteiger partial charge on any atom is 0.419 e. The fourth-order valence-corrected chi connectivity index (χ4v) is 7.29. The molecule has 0 saturated carbocycles. The minimum atomic E-state index is -4.79. The molecule has 0 saturated heterocycles. The van der Waals surface area contributed by atoms with Gasteiger partial charge in [-0.1, -0.05) is 27.9 Å². The molecule has 0 aliphatic heterocycles. The van der Waals surface area contributed by atoms with Crippen molar-refractivity contribution in [3.8, 4) is 23.4 Å². The zero-order valence-corrected chi connectivity index (χ0v) is 33.7. The number of nitrogens with zero attached hydrogens (tertiary/aromatic N) is 2. The first-order valence-corrected chi connectivity index (χ1v) is 19.6. The molecule has 1 amide bonds. The second-order valence-electron chi connectivity index (χ2n) is 12.6. The molecule has 5 rings (SSSR count). The van der Waals surface area contributed by atoms with Gasteiger partial charge in [-0.15, -0.1) is 11.3 Å². The summed E-state index contributed by atoms with van der Waals surface area (Å²) in [5.74, 6) is 4.66. The number of rotatable bonds is 17. The number of pyridine rings is 1. The Balaban J connectivity index is 0.956. The van der Waals surface area contributed by atoms with Crippen LogP contribution < -0.4 is 26.2 Å². The number of nitrogens with one attached hydrogen (secondary N) is 4. The summed E-state index contributed by atoms with van der Waals surface area (Å²) < 4.78 is 66.8. The number of aryl methyl sites for hydroxylation is 2. The lowest BCUT2D eigenvalue weighted by atomic mass is 10.1. The summed E-state index contributed by atoms with van der Waals surface area (Å²) in [5.41, 5.74) is 0.744. The number of aromatic nitrogens is 3. The minimum Gasteiger partial charge on any atom is -0.489 e. The molecule has 0 spiro atoms. The van der Waals surface area contributed by atoms with Crippen molar-refractivity contribution >= 4 is 55.6 Å². The average Bonchev–Trinajstić information content (AvgIpc) is 3.46. The number of ether oxygens (including phenoxy) is 2. The second kappa shape index (κ2) is 20.1. The van der Waals surface area contributed by atoms with Crippen LogP contribution in [-0.4, -0.2) is 59.8 Å². The van der Waals surface area contributed by atoms with Crippen LogP contribution in [0, 0.1) is 36.3 Å². The summed E-state index contributed by atoms with van der Waals surface area (Å²) in [6.45, 7) is 7.40. The van der Waals surface area contributed by atoms with Gasteiger partial charge in [-0.05, 0) is 99.0 Å². The third-order valence-corrected chi connectivity index (χ3v) is 10.1. The number of thiophene rings is 1. The van der Waals surface area contributed by atoms with Crippen LogP contribution in [0.5, 0.6) is 5.75 Å². The van der Waals surface area contributed by atoms with E-state index < -0.39 is 23.5 Å². The van der Waals surface area contributed by atoms with Gasteiger partial charge in [0.25, 0.3) is 11.5 Å². The highest BCUT2D eigenvalue weighted by Crippen LogP contribution is 2.32. The first-order valence-electron chi connectivity index (χ1n) is 17.6. The highest BCUT2D eigenvalue weighted by molar-refractivity contribution is 9.10. The van der Waals surface area contributed by atoms with Crippen LogP contribution in [0.1, 0.15) is 45.5 Å². The molecule has 5 aromatic rings. The van der Waals surface area contributed by atoms with Crippen molar-refractivity contribution in [1.82, 2.24) is 30.5 Å². The van der Waals surface area contributed by atoms with Crippen molar-refractivity contribution in [2.45, 2.75) is 46.0 Å². The van der Waals surface area contributed by atoms with Crippen LogP contribution in [0.25, 0.3) is 16.0 Å². The van der Waals surface area contributed by atoms with Crippen LogP contribution in [-0.2, 0) is 28.9 Å². The number of unbranched alkanes of at least 4 members (excludes halogenated alkanes) is 1. The molecular formula is C39H39BrF4N6O4S2. The van der Waals surface area contributed by atoms with Crippen molar-refractivity contribution in [3.63, 3.8) is 0 Å². The van der Waals surface area contributed by atoms with Crippen LogP contribution in [0.4, 0.5) is 17.6 Å². The molecule has 0 aliphatic carbocycles. The van der Waals surface area contributed by atoms with Gasteiger partial charge in [-0.3, -0.25) is 9.59 Å². The van der Waals surface area contributed by atoms with E-state index in [1.165, 1.54) is 22.0 Å². The molecule has 2 aromatic carbocycles. The predicted molar refractivity (Wildman–Crippen MR) is 214 cm³/mol. The SMILES string of the molecule is Cc1ccnc(-n2c(=S)[nH]c3sc(C)c(C#CC(=O)NCCCCNCCOCCNCc4cc(Br)ccc4OCc4ccc(F)c(C(F)(F)F)c4)c3c2=O)c1. The molecule has 3 heterocycles. The Hall–Kier alpha value is -4.44. The van der Waals surface area contributed by atoms with Crippen molar-refractivity contribution in [3.05, 3.63) is 113 Å². The molecule has 0 aliphatic rings. The van der Waals surface area contributed by atoms with Gasteiger partial charge >= 0.3 is 6.18 Å². The number of aromatic amines is 1. The Kier molecular flexibility index (Phi) is 15.3. The van der Waals surface area contributed by atoms with Gasteiger partial charge in [-0.2, -0.15) is 13.2 Å². The maximum absolute atomic E-state index is 13.6. The van der Waals surface area contributed by atoms with Gasteiger partial charge in [-0.25, -0.2) is 13.9 Å². The highest BCUT2D eigenvalue weighted by atomic mass is 79.9. The summed E-state index contributed by atoms with van der Waals surface area (Å²) in [6.07, 6.45) is -1.60. The van der Waals surface area contributed by atoms with E-state index >= 15 is 0 Å². The molecule has 17 heteroatoms. The molecule has 296 valence electrons. The number of fused-ring (bicyclic) bond motifs is 1. The summed E-state index contributed by atoms with van der Waals surface area (Å²) in [7, 11) is 0. The summed E-state index contributed by atoms with van der Waals surface area (Å²) in [6, 6.07) is 11.8. The van der Waals surface area contributed by atoms with Crippen molar-refractivity contribution in [2.24, 2.45) is 0 Å². The monoisotopic (exact) mass is 874 g/mol. The number of benzene rings is 2. The number of H-pyrrole nitrogens is 1.